The van der Waals surface area contributed by atoms with Gasteiger partial charge in [-0.3, -0.25) is 0 Å². The van der Waals surface area contributed by atoms with Crippen molar-refractivity contribution in [2.24, 2.45) is 0 Å². The van der Waals surface area contributed by atoms with Crippen LogP contribution in [0.5, 0.6) is 0 Å². The molecule has 0 aliphatic rings. The number of hydrogen-bond acceptors (Lipinski definition) is 2. The molecule has 0 amide bonds. The Balaban J connectivity index is 2.12. The number of benzene rings is 1. The van der Waals surface area contributed by atoms with E-state index in [0.717, 1.165) is 0 Å². The maximum Gasteiger partial charge on any atom is 0.0435 e. The van der Waals surface area contributed by atoms with Crippen molar-refractivity contribution in [2.75, 3.05) is 0 Å². The molecular formula is C14H16S2. The molecule has 1 unspecified atom stereocenters. The SMILES string of the molecule is CCC(Sc1ccccc1)c1ccc(C)s1. The van der Waals surface area contributed by atoms with Crippen molar-refractivity contribution in [2.45, 2.75) is 30.4 Å². The minimum absolute atomic E-state index is 0.598. The summed E-state index contributed by atoms with van der Waals surface area (Å²) >= 11 is 3.88. The third-order valence-corrected chi connectivity index (χ3v) is 5.15. The van der Waals surface area contributed by atoms with Crippen molar-refractivity contribution in [1.29, 1.82) is 0 Å². The van der Waals surface area contributed by atoms with Crippen LogP contribution in [0.15, 0.2) is 47.4 Å². The van der Waals surface area contributed by atoms with Gasteiger partial charge in [-0.2, -0.15) is 0 Å². The average molecular weight is 248 g/mol. The van der Waals surface area contributed by atoms with E-state index in [9.17, 15) is 0 Å². The summed E-state index contributed by atoms with van der Waals surface area (Å²) in [6.45, 7) is 4.43. The van der Waals surface area contributed by atoms with Crippen LogP contribution in [-0.4, -0.2) is 0 Å². The van der Waals surface area contributed by atoms with Crippen molar-refractivity contribution in [3.8, 4) is 0 Å². The number of thioether (sulfide) groups is 1. The highest BCUT2D eigenvalue weighted by Crippen LogP contribution is 2.40. The molecule has 0 nitrogen and oxygen atoms in total. The first-order valence-electron chi connectivity index (χ1n) is 5.57. The Hall–Kier alpha value is -0.730. The van der Waals surface area contributed by atoms with Gasteiger partial charge >= 0.3 is 0 Å². The number of rotatable bonds is 4. The van der Waals surface area contributed by atoms with E-state index in [4.69, 9.17) is 0 Å². The van der Waals surface area contributed by atoms with Crippen LogP contribution in [0.25, 0.3) is 0 Å². The van der Waals surface area contributed by atoms with E-state index in [1.807, 2.05) is 23.1 Å². The van der Waals surface area contributed by atoms with Gasteiger partial charge in [0, 0.05) is 19.9 Å². The average Bonchev–Trinajstić information content (AvgIpc) is 2.74. The van der Waals surface area contributed by atoms with E-state index in [-0.39, 0.29) is 0 Å². The zero-order chi connectivity index (χ0) is 11.4. The molecule has 2 rings (SSSR count). The quantitative estimate of drug-likeness (QED) is 0.662. The molecule has 1 atom stereocenters. The molecule has 0 bridgehead atoms. The molecule has 0 radical (unpaired) electrons. The maximum atomic E-state index is 2.27. The van der Waals surface area contributed by atoms with Crippen molar-refractivity contribution in [3.63, 3.8) is 0 Å². The first-order valence-corrected chi connectivity index (χ1v) is 7.27. The topological polar surface area (TPSA) is 0 Å². The lowest BCUT2D eigenvalue weighted by Crippen LogP contribution is -1.87. The maximum absolute atomic E-state index is 2.27. The second-order valence-electron chi connectivity index (χ2n) is 3.78. The van der Waals surface area contributed by atoms with Gasteiger partial charge in [0.15, 0.2) is 0 Å². The van der Waals surface area contributed by atoms with E-state index >= 15 is 0 Å². The van der Waals surface area contributed by atoms with Gasteiger partial charge < -0.3 is 0 Å². The molecule has 0 saturated carbocycles. The first kappa shape index (κ1) is 11.7. The highest BCUT2D eigenvalue weighted by molar-refractivity contribution is 7.99. The number of hydrogen-bond donors (Lipinski definition) is 0. The summed E-state index contributed by atoms with van der Waals surface area (Å²) in [5.41, 5.74) is 0. The summed E-state index contributed by atoms with van der Waals surface area (Å²) in [6, 6.07) is 15.1. The molecule has 2 heteroatoms. The molecule has 2 aromatic rings. The van der Waals surface area contributed by atoms with Crippen molar-refractivity contribution in [3.05, 3.63) is 52.2 Å². The van der Waals surface area contributed by atoms with Gasteiger partial charge in [0.1, 0.15) is 0 Å². The fraction of sp³-hybridized carbons (Fsp3) is 0.286. The molecule has 0 spiro atoms. The standard InChI is InChI=1S/C14H16S2/c1-3-13(14-10-9-11(2)15-14)16-12-7-5-4-6-8-12/h4-10,13H,3H2,1-2H3. The Morgan fingerprint density at radius 3 is 2.44 bits per heavy atom. The van der Waals surface area contributed by atoms with E-state index < -0.39 is 0 Å². The molecule has 16 heavy (non-hydrogen) atoms. The second kappa shape index (κ2) is 5.55. The second-order valence-corrected chi connectivity index (χ2v) is 6.37. The van der Waals surface area contributed by atoms with Gasteiger partial charge in [0.05, 0.1) is 0 Å². The fourth-order valence-corrected chi connectivity index (χ4v) is 3.87. The van der Waals surface area contributed by atoms with Crippen LogP contribution < -0.4 is 0 Å². The first-order chi connectivity index (χ1) is 7.79. The van der Waals surface area contributed by atoms with Crippen LogP contribution in [0.1, 0.15) is 28.3 Å². The van der Waals surface area contributed by atoms with Gasteiger partial charge in [-0.15, -0.1) is 23.1 Å². The summed E-state index contributed by atoms with van der Waals surface area (Å²) in [6.07, 6.45) is 1.18. The summed E-state index contributed by atoms with van der Waals surface area (Å²) in [4.78, 5) is 4.26. The van der Waals surface area contributed by atoms with Crippen molar-refractivity contribution >= 4 is 23.1 Å². The van der Waals surface area contributed by atoms with Crippen molar-refractivity contribution in [1.82, 2.24) is 0 Å². The Labute approximate surface area is 106 Å². The molecule has 0 aliphatic heterocycles. The fourth-order valence-electron chi connectivity index (χ4n) is 1.63. The molecule has 1 heterocycles. The highest BCUT2D eigenvalue weighted by atomic mass is 32.2. The Morgan fingerprint density at radius 2 is 1.88 bits per heavy atom. The zero-order valence-electron chi connectivity index (χ0n) is 9.64. The normalized spacial score (nSPS) is 12.6. The minimum Gasteiger partial charge on any atom is -0.145 e. The largest absolute Gasteiger partial charge is 0.145 e. The van der Waals surface area contributed by atoms with E-state index in [1.54, 1.807) is 0 Å². The van der Waals surface area contributed by atoms with Gasteiger partial charge in [-0.05, 0) is 37.6 Å². The minimum atomic E-state index is 0.598. The Morgan fingerprint density at radius 1 is 1.12 bits per heavy atom. The van der Waals surface area contributed by atoms with Crippen LogP contribution in [0.3, 0.4) is 0 Å². The third kappa shape index (κ3) is 2.89. The van der Waals surface area contributed by atoms with Crippen LogP contribution in [0.4, 0.5) is 0 Å². The van der Waals surface area contributed by atoms with Gasteiger partial charge in [0.2, 0.25) is 0 Å². The summed E-state index contributed by atoms with van der Waals surface area (Å²) in [7, 11) is 0. The van der Waals surface area contributed by atoms with Gasteiger partial charge in [0.25, 0.3) is 0 Å². The lowest BCUT2D eigenvalue weighted by molar-refractivity contribution is 0.912. The molecule has 0 aliphatic carbocycles. The Bertz CT molecular complexity index is 431. The van der Waals surface area contributed by atoms with E-state index in [0.29, 0.717) is 5.25 Å². The monoisotopic (exact) mass is 248 g/mol. The highest BCUT2D eigenvalue weighted by Gasteiger charge is 2.12. The number of aryl methyl sites for hydroxylation is 1. The lowest BCUT2D eigenvalue weighted by Gasteiger charge is -2.12. The molecule has 0 N–H and O–H groups in total. The smallest absolute Gasteiger partial charge is 0.0435 e. The molecule has 1 aromatic carbocycles. The van der Waals surface area contributed by atoms with Gasteiger partial charge in [-0.1, -0.05) is 25.1 Å². The Kier molecular flexibility index (Phi) is 4.08. The molecule has 84 valence electrons. The van der Waals surface area contributed by atoms with Crippen LogP contribution >= 0.6 is 23.1 Å². The molecule has 1 aromatic heterocycles. The molecule has 0 fully saturated rings. The summed E-state index contributed by atoms with van der Waals surface area (Å²) < 4.78 is 0. The van der Waals surface area contributed by atoms with Crippen LogP contribution in [0.2, 0.25) is 0 Å². The molecular weight excluding hydrogens is 232 g/mol. The summed E-state index contributed by atoms with van der Waals surface area (Å²) in [5, 5.41) is 0.598. The predicted octanol–water partition coefficient (Wildman–Crippen LogP) is 5.30. The van der Waals surface area contributed by atoms with Crippen molar-refractivity contribution < 1.29 is 0 Å². The van der Waals surface area contributed by atoms with Crippen LogP contribution in [0, 0.1) is 6.92 Å². The summed E-state index contributed by atoms with van der Waals surface area (Å²) in [5.74, 6) is 0. The third-order valence-electron chi connectivity index (χ3n) is 2.47. The zero-order valence-corrected chi connectivity index (χ0v) is 11.3. The number of thiophene rings is 1. The van der Waals surface area contributed by atoms with Gasteiger partial charge in [-0.25, -0.2) is 0 Å². The van der Waals surface area contributed by atoms with Crippen LogP contribution in [-0.2, 0) is 0 Å². The lowest BCUT2D eigenvalue weighted by atomic mass is 10.3. The predicted molar refractivity (Wildman–Crippen MR) is 74.4 cm³/mol. The van der Waals surface area contributed by atoms with E-state index in [2.05, 4.69) is 56.3 Å². The molecule has 0 saturated heterocycles. The van der Waals surface area contributed by atoms with E-state index in [1.165, 1.54) is 21.1 Å².